The number of ether oxygens (including phenoxy) is 1. The summed E-state index contributed by atoms with van der Waals surface area (Å²) in [5.74, 6) is -2.51. The van der Waals surface area contributed by atoms with Gasteiger partial charge >= 0.3 is 5.97 Å². The molecule has 5 heteroatoms. The van der Waals surface area contributed by atoms with Crippen LogP contribution >= 0.6 is 0 Å². The molecule has 0 aliphatic carbocycles. The van der Waals surface area contributed by atoms with Crippen LogP contribution in [0.4, 0.5) is 5.69 Å². The number of para-hydroxylation sites is 1. The van der Waals surface area contributed by atoms with Crippen LogP contribution < -0.4 is 4.90 Å². The number of carboxylic acids is 1. The van der Waals surface area contributed by atoms with Crippen molar-refractivity contribution in [3.05, 3.63) is 42.0 Å². The lowest BCUT2D eigenvalue weighted by Gasteiger charge is -2.22. The van der Waals surface area contributed by atoms with Crippen molar-refractivity contribution in [2.75, 3.05) is 11.4 Å². The number of aliphatic carboxylic acids is 1. The number of carbonyl (C=O) groups excluding carboxylic acids is 1. The van der Waals surface area contributed by atoms with Gasteiger partial charge in [0.15, 0.2) is 0 Å². The zero-order valence-electron chi connectivity index (χ0n) is 11.5. The molecule has 1 aromatic rings. The van der Waals surface area contributed by atoms with E-state index in [1.165, 1.54) is 0 Å². The third kappa shape index (κ3) is 1.49. The molecular weight excluding hydrogens is 270 g/mol. The normalized spacial score (nSPS) is 36.3. The molecule has 4 rings (SSSR count). The highest BCUT2D eigenvalue weighted by atomic mass is 16.5. The van der Waals surface area contributed by atoms with Gasteiger partial charge in [0, 0.05) is 5.69 Å². The fourth-order valence-corrected chi connectivity index (χ4v) is 3.85. The number of fused-ring (bicyclic) bond motifs is 1. The monoisotopic (exact) mass is 285 g/mol. The predicted molar refractivity (Wildman–Crippen MR) is 74.9 cm³/mol. The Morgan fingerprint density at radius 1 is 1.43 bits per heavy atom. The molecule has 3 aliphatic heterocycles. The second kappa shape index (κ2) is 3.95. The van der Waals surface area contributed by atoms with Crippen LogP contribution in [-0.2, 0) is 14.3 Å². The largest absolute Gasteiger partial charge is 0.481 e. The maximum atomic E-state index is 12.8. The van der Waals surface area contributed by atoms with Gasteiger partial charge in [0.25, 0.3) is 0 Å². The second-order valence-corrected chi connectivity index (χ2v) is 5.95. The number of hydrogen-bond donors (Lipinski definition) is 1. The first-order chi connectivity index (χ1) is 10.0. The van der Waals surface area contributed by atoms with Crippen molar-refractivity contribution < 1.29 is 19.4 Å². The molecule has 5 nitrogen and oxygen atoms in total. The number of amides is 1. The summed E-state index contributed by atoms with van der Waals surface area (Å²) in [6, 6.07) is 7.62. The molecule has 0 unspecified atom stereocenters. The predicted octanol–water partition coefficient (Wildman–Crippen LogP) is 1.37. The van der Waals surface area contributed by atoms with E-state index < -0.39 is 29.5 Å². The Labute approximate surface area is 121 Å². The second-order valence-electron chi connectivity index (χ2n) is 5.95. The van der Waals surface area contributed by atoms with Crippen LogP contribution in [0.25, 0.3) is 0 Å². The van der Waals surface area contributed by atoms with E-state index in [2.05, 4.69) is 0 Å². The standard InChI is InChI=1S/C16H15NO4/c1-9-4-2-3-5-10(9)17-8-16-7-6-11(21-16)12(15(19)20)13(16)14(17)18/h2-7,11-13H,8H2,1H3,(H,19,20)/t11-,12-,13+,16-/m0/s1. The van der Waals surface area contributed by atoms with Crippen molar-refractivity contribution >= 4 is 17.6 Å². The van der Waals surface area contributed by atoms with Gasteiger partial charge in [0.1, 0.15) is 11.5 Å². The minimum absolute atomic E-state index is 0.149. The topological polar surface area (TPSA) is 66.8 Å². The Morgan fingerprint density at radius 3 is 2.90 bits per heavy atom. The first kappa shape index (κ1) is 12.6. The molecule has 1 amide bonds. The van der Waals surface area contributed by atoms with Crippen molar-refractivity contribution in [1.29, 1.82) is 0 Å². The molecule has 1 aromatic carbocycles. The molecule has 0 saturated carbocycles. The van der Waals surface area contributed by atoms with Crippen LogP contribution in [0, 0.1) is 18.8 Å². The molecule has 2 fully saturated rings. The first-order valence-electron chi connectivity index (χ1n) is 7.00. The van der Waals surface area contributed by atoms with Gasteiger partial charge in [-0.25, -0.2) is 0 Å². The number of aryl methyl sites for hydroxylation is 1. The van der Waals surface area contributed by atoms with Gasteiger partial charge < -0.3 is 14.7 Å². The lowest BCUT2D eigenvalue weighted by Crippen LogP contribution is -2.39. The van der Waals surface area contributed by atoms with E-state index in [1.54, 1.807) is 11.0 Å². The highest BCUT2D eigenvalue weighted by Crippen LogP contribution is 2.52. The summed E-state index contributed by atoms with van der Waals surface area (Å²) in [5, 5.41) is 9.42. The third-order valence-electron chi connectivity index (χ3n) is 4.79. The third-order valence-corrected chi connectivity index (χ3v) is 4.79. The zero-order valence-corrected chi connectivity index (χ0v) is 11.5. The van der Waals surface area contributed by atoms with Crippen molar-refractivity contribution in [1.82, 2.24) is 0 Å². The summed E-state index contributed by atoms with van der Waals surface area (Å²) in [4.78, 5) is 26.0. The average Bonchev–Trinajstić information content (AvgIpc) is 3.08. The molecule has 2 saturated heterocycles. The summed E-state index contributed by atoms with van der Waals surface area (Å²) in [6.45, 7) is 2.33. The van der Waals surface area contributed by atoms with Gasteiger partial charge in [0.05, 0.1) is 18.6 Å². The summed E-state index contributed by atoms with van der Waals surface area (Å²) >= 11 is 0. The number of nitrogens with zero attached hydrogens (tertiary/aromatic N) is 1. The molecule has 4 atom stereocenters. The number of carboxylic acid groups (broad SMARTS) is 1. The zero-order chi connectivity index (χ0) is 14.8. The molecule has 3 heterocycles. The smallest absolute Gasteiger partial charge is 0.310 e. The van der Waals surface area contributed by atoms with Crippen LogP contribution in [0.1, 0.15) is 5.56 Å². The van der Waals surface area contributed by atoms with E-state index in [9.17, 15) is 14.7 Å². The van der Waals surface area contributed by atoms with Crippen LogP contribution in [0.15, 0.2) is 36.4 Å². The summed E-state index contributed by atoms with van der Waals surface area (Å²) in [7, 11) is 0. The highest BCUT2D eigenvalue weighted by molar-refractivity contribution is 6.02. The molecule has 1 spiro atoms. The first-order valence-corrected chi connectivity index (χ1v) is 7.00. The average molecular weight is 285 g/mol. The van der Waals surface area contributed by atoms with Crippen molar-refractivity contribution in [2.24, 2.45) is 11.8 Å². The number of rotatable bonds is 2. The Balaban J connectivity index is 1.78. The Kier molecular flexibility index (Phi) is 2.37. The number of carbonyl (C=O) groups is 2. The molecular formula is C16H15NO4. The molecule has 108 valence electrons. The summed E-state index contributed by atoms with van der Waals surface area (Å²) < 4.78 is 5.87. The maximum absolute atomic E-state index is 12.8. The Hall–Kier alpha value is -2.14. The summed E-state index contributed by atoms with van der Waals surface area (Å²) in [5.41, 5.74) is 1.05. The minimum Gasteiger partial charge on any atom is -0.481 e. The van der Waals surface area contributed by atoms with Gasteiger partial charge in [-0.3, -0.25) is 9.59 Å². The maximum Gasteiger partial charge on any atom is 0.310 e. The van der Waals surface area contributed by atoms with Crippen LogP contribution in [0.3, 0.4) is 0 Å². The molecule has 21 heavy (non-hydrogen) atoms. The van der Waals surface area contributed by atoms with Crippen LogP contribution in [-0.4, -0.2) is 35.2 Å². The van der Waals surface area contributed by atoms with E-state index in [0.29, 0.717) is 6.54 Å². The number of benzene rings is 1. The highest BCUT2D eigenvalue weighted by Gasteiger charge is 2.67. The molecule has 0 radical (unpaired) electrons. The molecule has 0 aromatic heterocycles. The van der Waals surface area contributed by atoms with Crippen molar-refractivity contribution in [2.45, 2.75) is 18.6 Å². The van der Waals surface area contributed by atoms with Crippen LogP contribution in [0.2, 0.25) is 0 Å². The lowest BCUT2D eigenvalue weighted by molar-refractivity contribution is -0.146. The van der Waals surface area contributed by atoms with Gasteiger partial charge in [-0.2, -0.15) is 0 Å². The van der Waals surface area contributed by atoms with E-state index in [4.69, 9.17) is 4.74 Å². The van der Waals surface area contributed by atoms with Crippen molar-refractivity contribution in [3.63, 3.8) is 0 Å². The van der Waals surface area contributed by atoms with E-state index >= 15 is 0 Å². The fraction of sp³-hybridized carbons (Fsp3) is 0.375. The summed E-state index contributed by atoms with van der Waals surface area (Å²) in [6.07, 6.45) is 3.18. The number of hydrogen-bond acceptors (Lipinski definition) is 3. The van der Waals surface area contributed by atoms with Gasteiger partial charge in [-0.15, -0.1) is 0 Å². The van der Waals surface area contributed by atoms with E-state index in [0.717, 1.165) is 11.3 Å². The Morgan fingerprint density at radius 2 is 2.19 bits per heavy atom. The van der Waals surface area contributed by atoms with Crippen LogP contribution in [0.5, 0.6) is 0 Å². The SMILES string of the molecule is Cc1ccccc1N1C[C@]23C=C[C@H](O2)[C@H](C(=O)O)[C@@H]3C1=O. The quantitative estimate of drug-likeness (QED) is 0.833. The van der Waals surface area contributed by atoms with E-state index in [-0.39, 0.29) is 5.91 Å². The molecule has 3 aliphatic rings. The lowest BCUT2D eigenvalue weighted by atomic mass is 9.77. The number of anilines is 1. The van der Waals surface area contributed by atoms with Gasteiger partial charge in [-0.1, -0.05) is 30.4 Å². The van der Waals surface area contributed by atoms with Crippen molar-refractivity contribution in [3.8, 4) is 0 Å². The molecule has 1 N–H and O–H groups in total. The van der Waals surface area contributed by atoms with Gasteiger partial charge in [-0.05, 0) is 18.6 Å². The fourth-order valence-electron chi connectivity index (χ4n) is 3.85. The minimum atomic E-state index is -0.962. The van der Waals surface area contributed by atoms with Gasteiger partial charge in [0.2, 0.25) is 5.91 Å². The molecule has 2 bridgehead atoms. The Bertz CT molecular complexity index is 683. The van der Waals surface area contributed by atoms with E-state index in [1.807, 2.05) is 37.3 Å².